The molecule has 0 unspecified atom stereocenters. The molecule has 0 atom stereocenters. The molecular formula is C7H3F3N2. The molecule has 0 aliphatic carbocycles. The molecule has 0 aliphatic heterocycles. The monoisotopic (exact) mass is 172 g/mol. The van der Waals surface area contributed by atoms with Crippen LogP contribution in [0.3, 0.4) is 0 Å². The van der Waals surface area contributed by atoms with Gasteiger partial charge in [0, 0.05) is 0 Å². The number of halogens is 3. The Labute approximate surface area is 65.2 Å². The Morgan fingerprint density at radius 2 is 2.00 bits per heavy atom. The summed E-state index contributed by atoms with van der Waals surface area (Å²) in [5.74, 6) is -1.94. The first-order valence-corrected chi connectivity index (χ1v) is 3.19. The van der Waals surface area contributed by atoms with Gasteiger partial charge in [0.1, 0.15) is 11.3 Å². The van der Waals surface area contributed by atoms with Crippen molar-refractivity contribution in [1.29, 1.82) is 0 Å². The molecule has 0 bridgehead atoms. The molecule has 5 heteroatoms. The molecule has 2 nitrogen and oxygen atoms in total. The SMILES string of the molecule is Fc1cccc2c1c(F)nn2F. The molecule has 1 heterocycles. The van der Waals surface area contributed by atoms with Crippen LogP contribution in [0.25, 0.3) is 10.9 Å². The minimum atomic E-state index is -1.13. The highest BCUT2D eigenvalue weighted by atomic mass is 19.2. The predicted molar refractivity (Wildman–Crippen MR) is 36.2 cm³/mol. The molecule has 1 aromatic carbocycles. The second kappa shape index (κ2) is 2.23. The summed E-state index contributed by atoms with van der Waals surface area (Å²) in [5, 5.41) is 2.38. The number of fused-ring (bicyclic) bond motifs is 1. The number of benzene rings is 1. The second-order valence-corrected chi connectivity index (χ2v) is 2.28. The van der Waals surface area contributed by atoms with Crippen LogP contribution in [0.4, 0.5) is 13.3 Å². The lowest BCUT2D eigenvalue weighted by Gasteiger charge is -1.89. The maximum Gasteiger partial charge on any atom is 0.246 e. The third-order valence-electron chi connectivity index (χ3n) is 1.57. The van der Waals surface area contributed by atoms with Crippen molar-refractivity contribution < 1.29 is 13.3 Å². The van der Waals surface area contributed by atoms with E-state index in [4.69, 9.17) is 0 Å². The normalized spacial score (nSPS) is 10.9. The first kappa shape index (κ1) is 7.15. The van der Waals surface area contributed by atoms with Gasteiger partial charge in [0.15, 0.2) is 0 Å². The smallest absolute Gasteiger partial charge is 0.206 e. The van der Waals surface area contributed by atoms with Crippen LogP contribution in [0.1, 0.15) is 0 Å². The van der Waals surface area contributed by atoms with Crippen molar-refractivity contribution in [2.24, 2.45) is 0 Å². The van der Waals surface area contributed by atoms with E-state index in [9.17, 15) is 13.3 Å². The Hall–Kier alpha value is -1.52. The van der Waals surface area contributed by atoms with Gasteiger partial charge in [-0.3, -0.25) is 0 Å². The number of nitrogens with zero attached hydrogens (tertiary/aromatic N) is 2. The van der Waals surface area contributed by atoms with Crippen molar-refractivity contribution in [3.8, 4) is 0 Å². The first-order valence-electron chi connectivity index (χ1n) is 3.19. The first-order chi connectivity index (χ1) is 5.70. The molecule has 0 saturated heterocycles. The highest BCUT2D eigenvalue weighted by molar-refractivity contribution is 5.79. The molecule has 0 fully saturated rings. The number of hydrogen-bond acceptors (Lipinski definition) is 1. The Morgan fingerprint density at radius 1 is 1.25 bits per heavy atom. The largest absolute Gasteiger partial charge is 0.246 e. The lowest BCUT2D eigenvalue weighted by Crippen LogP contribution is -1.82. The van der Waals surface area contributed by atoms with Crippen LogP contribution in [0.2, 0.25) is 0 Å². The van der Waals surface area contributed by atoms with Gasteiger partial charge in [-0.1, -0.05) is 15.5 Å². The Balaban J connectivity index is 2.99. The lowest BCUT2D eigenvalue weighted by molar-refractivity contribution is 0.317. The lowest BCUT2D eigenvalue weighted by atomic mass is 10.2. The summed E-state index contributed by atoms with van der Waals surface area (Å²) in [6.07, 6.45) is 0. The van der Waals surface area contributed by atoms with Gasteiger partial charge in [-0.05, 0) is 12.1 Å². The highest BCUT2D eigenvalue weighted by Crippen LogP contribution is 2.20. The Morgan fingerprint density at radius 3 is 2.67 bits per heavy atom. The van der Waals surface area contributed by atoms with E-state index in [1.165, 1.54) is 12.1 Å². The Kier molecular flexibility index (Phi) is 1.33. The number of hydrogen-bond donors (Lipinski definition) is 0. The summed E-state index contributed by atoms with van der Waals surface area (Å²) in [5.41, 5.74) is -0.201. The van der Waals surface area contributed by atoms with Crippen LogP contribution in [0, 0.1) is 11.8 Å². The van der Waals surface area contributed by atoms with Crippen LogP contribution in [0.5, 0.6) is 0 Å². The van der Waals surface area contributed by atoms with Crippen molar-refractivity contribution in [2.45, 2.75) is 0 Å². The second-order valence-electron chi connectivity index (χ2n) is 2.28. The van der Waals surface area contributed by atoms with Crippen LogP contribution < -0.4 is 0 Å². The third kappa shape index (κ3) is 0.792. The van der Waals surface area contributed by atoms with E-state index in [0.29, 0.717) is 0 Å². The van der Waals surface area contributed by atoms with E-state index in [2.05, 4.69) is 5.10 Å². The van der Waals surface area contributed by atoms with Gasteiger partial charge in [0.05, 0.1) is 5.39 Å². The summed E-state index contributed by atoms with van der Waals surface area (Å²) in [6, 6.07) is 3.58. The fraction of sp³-hybridized carbons (Fsp3) is 0. The van der Waals surface area contributed by atoms with E-state index < -0.39 is 17.2 Å². The van der Waals surface area contributed by atoms with Crippen LogP contribution >= 0.6 is 0 Å². The molecule has 0 aliphatic rings. The van der Waals surface area contributed by atoms with Crippen LogP contribution in [0.15, 0.2) is 18.2 Å². The van der Waals surface area contributed by atoms with E-state index in [0.717, 1.165) is 6.07 Å². The molecular weight excluding hydrogens is 169 g/mol. The molecule has 1 aromatic heterocycles. The van der Waals surface area contributed by atoms with Crippen molar-refractivity contribution in [3.63, 3.8) is 0 Å². The molecule has 0 saturated carbocycles. The predicted octanol–water partition coefficient (Wildman–Crippen LogP) is 2.05. The summed E-state index contributed by atoms with van der Waals surface area (Å²) in [4.78, 5) is -0.187. The number of rotatable bonds is 0. The summed E-state index contributed by atoms with van der Waals surface area (Å²) >= 11 is 0. The summed E-state index contributed by atoms with van der Waals surface area (Å²) < 4.78 is 38.0. The van der Waals surface area contributed by atoms with Gasteiger partial charge in [-0.15, -0.1) is 5.10 Å². The van der Waals surface area contributed by atoms with Crippen molar-refractivity contribution in [2.75, 3.05) is 0 Å². The van der Waals surface area contributed by atoms with E-state index in [-0.39, 0.29) is 10.4 Å². The maximum absolute atomic E-state index is 12.8. The number of aromatic nitrogens is 2. The summed E-state index contributed by atoms with van der Waals surface area (Å²) in [7, 11) is 0. The van der Waals surface area contributed by atoms with Gasteiger partial charge in [-0.2, -0.15) is 4.39 Å². The molecule has 2 aromatic rings. The minimum absolute atomic E-state index is 0.187. The van der Waals surface area contributed by atoms with Gasteiger partial charge in [0.2, 0.25) is 5.95 Å². The van der Waals surface area contributed by atoms with Crippen LogP contribution in [-0.4, -0.2) is 10.0 Å². The highest BCUT2D eigenvalue weighted by Gasteiger charge is 2.13. The van der Waals surface area contributed by atoms with Gasteiger partial charge >= 0.3 is 0 Å². The van der Waals surface area contributed by atoms with Gasteiger partial charge in [0.25, 0.3) is 0 Å². The molecule has 62 valence electrons. The minimum Gasteiger partial charge on any atom is -0.206 e. The average Bonchev–Trinajstić information content (AvgIpc) is 2.29. The average molecular weight is 172 g/mol. The summed E-state index contributed by atoms with van der Waals surface area (Å²) in [6.45, 7) is 0. The molecule has 0 radical (unpaired) electrons. The van der Waals surface area contributed by atoms with E-state index in [1.807, 2.05) is 0 Å². The van der Waals surface area contributed by atoms with Gasteiger partial charge in [-0.25, -0.2) is 4.39 Å². The van der Waals surface area contributed by atoms with Crippen molar-refractivity contribution in [1.82, 2.24) is 10.0 Å². The quantitative estimate of drug-likeness (QED) is 0.594. The molecule has 0 spiro atoms. The zero-order valence-corrected chi connectivity index (χ0v) is 5.76. The van der Waals surface area contributed by atoms with Crippen molar-refractivity contribution in [3.05, 3.63) is 30.0 Å². The Bertz CT molecular complexity index is 435. The molecule has 12 heavy (non-hydrogen) atoms. The molecule has 0 amide bonds. The van der Waals surface area contributed by atoms with Crippen LogP contribution in [-0.2, 0) is 0 Å². The maximum atomic E-state index is 12.8. The fourth-order valence-electron chi connectivity index (χ4n) is 1.05. The fourth-order valence-corrected chi connectivity index (χ4v) is 1.05. The van der Waals surface area contributed by atoms with Gasteiger partial charge < -0.3 is 0 Å². The van der Waals surface area contributed by atoms with E-state index >= 15 is 0 Å². The molecule has 0 N–H and O–H groups in total. The van der Waals surface area contributed by atoms with Crippen molar-refractivity contribution >= 4 is 10.9 Å². The topological polar surface area (TPSA) is 17.8 Å². The zero-order chi connectivity index (χ0) is 8.72. The van der Waals surface area contributed by atoms with E-state index in [1.54, 1.807) is 0 Å². The molecule has 2 rings (SSSR count). The standard InChI is InChI=1S/C7H3F3N2/c8-4-2-1-3-5-6(4)7(9)11-12(5)10/h1-3H. The zero-order valence-electron chi connectivity index (χ0n) is 5.76. The third-order valence-corrected chi connectivity index (χ3v) is 1.57.